The monoisotopic (exact) mass is 416 g/mol. The van der Waals surface area contributed by atoms with E-state index in [4.69, 9.17) is 24.0 Å². The Kier molecular flexibility index (Phi) is 4.90. The molecule has 0 N–H and O–H groups in total. The van der Waals surface area contributed by atoms with Crippen LogP contribution in [0.25, 0.3) is 0 Å². The molecule has 6 heteroatoms. The van der Waals surface area contributed by atoms with Crippen LogP contribution in [0, 0.1) is 0 Å². The van der Waals surface area contributed by atoms with E-state index >= 15 is 0 Å². The molecule has 31 heavy (non-hydrogen) atoms. The van der Waals surface area contributed by atoms with Crippen LogP contribution in [-0.2, 0) is 0 Å². The second-order valence-electron chi connectivity index (χ2n) is 7.50. The van der Waals surface area contributed by atoms with E-state index in [-0.39, 0.29) is 12.3 Å². The fourth-order valence-corrected chi connectivity index (χ4v) is 4.24. The number of rotatable bonds is 5. The Morgan fingerprint density at radius 2 is 1.71 bits per heavy atom. The number of para-hydroxylation sites is 1. The van der Waals surface area contributed by atoms with Gasteiger partial charge in [-0.1, -0.05) is 30.3 Å². The lowest BCUT2D eigenvalue weighted by atomic mass is 9.95. The maximum Gasteiger partial charge on any atom is 0.214 e. The van der Waals surface area contributed by atoms with Crippen LogP contribution < -0.4 is 18.9 Å². The Balaban J connectivity index is 1.57. The zero-order valence-electron chi connectivity index (χ0n) is 17.7. The van der Waals surface area contributed by atoms with Crippen molar-refractivity contribution in [2.45, 2.75) is 18.7 Å². The summed E-state index contributed by atoms with van der Waals surface area (Å²) >= 11 is 0. The van der Waals surface area contributed by atoms with Crippen molar-refractivity contribution in [3.8, 4) is 23.0 Å². The maximum absolute atomic E-state index is 6.42. The van der Waals surface area contributed by atoms with Gasteiger partial charge in [0, 0.05) is 23.1 Å². The Morgan fingerprint density at radius 1 is 0.871 bits per heavy atom. The van der Waals surface area contributed by atoms with Gasteiger partial charge >= 0.3 is 0 Å². The number of methoxy groups -OCH3 is 3. The van der Waals surface area contributed by atoms with Crippen LogP contribution >= 0.6 is 0 Å². The SMILES string of the molecule is COc1cccc([C@@H]2Oc3ccccc3[C@@H]3CC(c4ccc(OC)c(OC)c4)=NN32)c1. The van der Waals surface area contributed by atoms with E-state index in [0.29, 0.717) is 11.5 Å². The summed E-state index contributed by atoms with van der Waals surface area (Å²) in [6.45, 7) is 0. The second-order valence-corrected chi connectivity index (χ2v) is 7.50. The van der Waals surface area contributed by atoms with E-state index in [9.17, 15) is 0 Å². The van der Waals surface area contributed by atoms with Crippen LogP contribution in [0.15, 0.2) is 71.8 Å². The highest BCUT2D eigenvalue weighted by atomic mass is 16.5. The second kappa shape index (κ2) is 7.87. The summed E-state index contributed by atoms with van der Waals surface area (Å²) in [5, 5.41) is 7.07. The highest BCUT2D eigenvalue weighted by Gasteiger charge is 2.41. The number of hydrazone groups is 1. The van der Waals surface area contributed by atoms with Crippen molar-refractivity contribution >= 4 is 5.71 Å². The summed E-state index contributed by atoms with van der Waals surface area (Å²) in [6, 6.07) is 22.1. The molecular weight excluding hydrogens is 392 g/mol. The largest absolute Gasteiger partial charge is 0.497 e. The summed E-state index contributed by atoms with van der Waals surface area (Å²) in [6.07, 6.45) is 0.434. The van der Waals surface area contributed by atoms with Crippen molar-refractivity contribution in [2.75, 3.05) is 21.3 Å². The molecule has 158 valence electrons. The van der Waals surface area contributed by atoms with Gasteiger partial charge in [-0.15, -0.1) is 0 Å². The number of hydrogen-bond acceptors (Lipinski definition) is 6. The minimum absolute atomic E-state index is 0.0873. The molecule has 2 heterocycles. The molecule has 0 saturated heterocycles. The van der Waals surface area contributed by atoms with Gasteiger partial charge in [-0.25, -0.2) is 5.01 Å². The summed E-state index contributed by atoms with van der Waals surface area (Å²) in [4.78, 5) is 0. The minimum Gasteiger partial charge on any atom is -0.497 e. The van der Waals surface area contributed by atoms with Crippen molar-refractivity contribution < 1.29 is 18.9 Å². The normalized spacial score (nSPS) is 19.1. The van der Waals surface area contributed by atoms with Gasteiger partial charge in [0.05, 0.1) is 33.1 Å². The van der Waals surface area contributed by atoms with E-state index in [1.165, 1.54) is 0 Å². The molecule has 0 spiro atoms. The Morgan fingerprint density at radius 3 is 2.52 bits per heavy atom. The lowest BCUT2D eigenvalue weighted by molar-refractivity contribution is -0.0191. The predicted octanol–water partition coefficient (Wildman–Crippen LogP) is 4.95. The molecule has 0 aliphatic carbocycles. The molecule has 3 aromatic rings. The Bertz CT molecular complexity index is 1140. The molecule has 2 aliphatic rings. The zero-order valence-corrected chi connectivity index (χ0v) is 17.7. The number of fused-ring (bicyclic) bond motifs is 3. The molecule has 0 fully saturated rings. The van der Waals surface area contributed by atoms with Gasteiger partial charge in [0.1, 0.15) is 11.5 Å². The van der Waals surface area contributed by atoms with E-state index in [2.05, 4.69) is 11.1 Å². The van der Waals surface area contributed by atoms with Gasteiger partial charge in [-0.05, 0) is 36.4 Å². The molecule has 5 rings (SSSR count). The van der Waals surface area contributed by atoms with Crippen LogP contribution in [0.2, 0.25) is 0 Å². The van der Waals surface area contributed by atoms with Gasteiger partial charge in [-0.3, -0.25) is 0 Å². The van der Waals surface area contributed by atoms with E-state index < -0.39 is 0 Å². The zero-order chi connectivity index (χ0) is 21.4. The predicted molar refractivity (Wildman–Crippen MR) is 118 cm³/mol. The Hall–Kier alpha value is -3.67. The van der Waals surface area contributed by atoms with Crippen molar-refractivity contribution in [1.29, 1.82) is 0 Å². The third-order valence-electron chi connectivity index (χ3n) is 5.79. The molecule has 0 saturated carbocycles. The van der Waals surface area contributed by atoms with Gasteiger partial charge in [0.25, 0.3) is 0 Å². The average Bonchev–Trinajstić information content (AvgIpc) is 3.29. The van der Waals surface area contributed by atoms with Crippen LogP contribution in [0.4, 0.5) is 0 Å². The van der Waals surface area contributed by atoms with Crippen molar-refractivity contribution in [2.24, 2.45) is 5.10 Å². The van der Waals surface area contributed by atoms with Crippen molar-refractivity contribution in [3.63, 3.8) is 0 Å². The maximum atomic E-state index is 6.42. The number of hydrogen-bond donors (Lipinski definition) is 0. The summed E-state index contributed by atoms with van der Waals surface area (Å²) in [5.74, 6) is 3.07. The smallest absolute Gasteiger partial charge is 0.214 e. The molecular formula is C25H24N2O4. The highest BCUT2D eigenvalue weighted by molar-refractivity contribution is 6.02. The lowest BCUT2D eigenvalue weighted by Gasteiger charge is -2.38. The topological polar surface area (TPSA) is 52.5 Å². The minimum atomic E-state index is -0.340. The van der Waals surface area contributed by atoms with E-state index in [1.807, 2.05) is 60.7 Å². The Labute approximate surface area is 181 Å². The van der Waals surface area contributed by atoms with E-state index in [0.717, 1.165) is 40.3 Å². The molecule has 0 amide bonds. The molecule has 0 bridgehead atoms. The van der Waals surface area contributed by atoms with Gasteiger partial charge in [0.2, 0.25) is 6.23 Å². The molecule has 0 radical (unpaired) electrons. The van der Waals surface area contributed by atoms with Gasteiger partial charge in [0.15, 0.2) is 11.5 Å². The summed E-state index contributed by atoms with van der Waals surface area (Å²) in [7, 11) is 4.95. The standard InChI is InChI=1S/C25H24N2O4/c1-28-18-8-6-7-17(13-18)25-27-21(19-9-4-5-10-22(19)31-25)15-20(26-27)16-11-12-23(29-2)24(14-16)30-3/h4-14,21,25H,15H2,1-3H3/t21-,25-/m0/s1. The third kappa shape index (κ3) is 3.34. The quantitative estimate of drug-likeness (QED) is 0.589. The average molecular weight is 416 g/mol. The molecule has 6 nitrogen and oxygen atoms in total. The molecule has 2 aliphatic heterocycles. The molecule has 0 aromatic heterocycles. The first-order valence-corrected chi connectivity index (χ1v) is 10.2. The number of benzene rings is 3. The fourth-order valence-electron chi connectivity index (χ4n) is 4.24. The van der Waals surface area contributed by atoms with Crippen LogP contribution in [0.3, 0.4) is 0 Å². The first-order valence-electron chi connectivity index (χ1n) is 10.2. The summed E-state index contributed by atoms with van der Waals surface area (Å²) < 4.78 is 22.7. The molecule has 3 aromatic carbocycles. The van der Waals surface area contributed by atoms with Crippen molar-refractivity contribution in [3.05, 3.63) is 83.4 Å². The van der Waals surface area contributed by atoms with Crippen LogP contribution in [0.5, 0.6) is 23.0 Å². The summed E-state index contributed by atoms with van der Waals surface area (Å²) in [5.41, 5.74) is 4.13. The van der Waals surface area contributed by atoms with Gasteiger partial charge in [-0.2, -0.15) is 5.10 Å². The first kappa shape index (κ1) is 19.3. The number of nitrogens with zero attached hydrogens (tertiary/aromatic N) is 2. The first-order chi connectivity index (χ1) is 15.2. The van der Waals surface area contributed by atoms with Crippen LogP contribution in [-0.4, -0.2) is 32.0 Å². The van der Waals surface area contributed by atoms with Crippen molar-refractivity contribution in [1.82, 2.24) is 5.01 Å². The third-order valence-corrected chi connectivity index (χ3v) is 5.79. The fraction of sp³-hybridized carbons (Fsp3) is 0.240. The lowest BCUT2D eigenvalue weighted by Crippen LogP contribution is -2.33. The van der Waals surface area contributed by atoms with Gasteiger partial charge < -0.3 is 18.9 Å². The van der Waals surface area contributed by atoms with Crippen LogP contribution in [0.1, 0.15) is 35.4 Å². The molecule has 2 atom stereocenters. The van der Waals surface area contributed by atoms with E-state index in [1.54, 1.807) is 21.3 Å². The molecule has 0 unspecified atom stereocenters. The highest BCUT2D eigenvalue weighted by Crippen LogP contribution is 2.48. The number of ether oxygens (including phenoxy) is 4.